The van der Waals surface area contributed by atoms with Gasteiger partial charge in [-0.05, 0) is 53.8 Å². The highest BCUT2D eigenvalue weighted by Crippen LogP contribution is 2.24. The van der Waals surface area contributed by atoms with E-state index in [0.717, 1.165) is 12.0 Å². The molecule has 1 N–H and O–H groups in total. The van der Waals surface area contributed by atoms with Gasteiger partial charge in [-0.15, -0.1) is 0 Å². The summed E-state index contributed by atoms with van der Waals surface area (Å²) in [4.78, 5) is 24.9. The quantitative estimate of drug-likeness (QED) is 0.427. The lowest BCUT2D eigenvalue weighted by Gasteiger charge is -2.20. The van der Waals surface area contributed by atoms with E-state index in [1.165, 1.54) is 22.3 Å². The molecule has 0 aliphatic heterocycles. The minimum absolute atomic E-state index is 0.167. The number of rotatable bonds is 8. The van der Waals surface area contributed by atoms with E-state index in [2.05, 4.69) is 12.2 Å². The molecule has 0 radical (unpaired) electrons. The highest BCUT2D eigenvalue weighted by molar-refractivity contribution is 5.77. The molecule has 0 fully saturated rings. The van der Waals surface area contributed by atoms with Gasteiger partial charge in [-0.3, -0.25) is 9.36 Å². The molecule has 0 aliphatic rings. The van der Waals surface area contributed by atoms with Crippen molar-refractivity contribution in [1.82, 2.24) is 9.88 Å². The van der Waals surface area contributed by atoms with Crippen LogP contribution in [0.2, 0.25) is 0 Å². The fraction of sp³-hybridized carbons (Fsp3) is 0.231. The lowest BCUT2D eigenvalue weighted by molar-refractivity contribution is -0.121. The lowest BCUT2D eigenvalue weighted by atomic mass is 9.97. The number of amides is 1. The van der Waals surface area contributed by atoms with Crippen molar-refractivity contribution in [2.24, 2.45) is 0 Å². The second-order valence-corrected chi connectivity index (χ2v) is 7.74. The number of aromatic nitrogens is 1. The van der Waals surface area contributed by atoms with Crippen LogP contribution in [0.5, 0.6) is 0 Å². The molecule has 164 valence electrons. The Bertz CT molecular complexity index is 1270. The number of nitrogens with zero attached hydrogens (tertiary/aromatic N) is 1. The van der Waals surface area contributed by atoms with Crippen molar-refractivity contribution in [3.05, 3.63) is 106 Å². The van der Waals surface area contributed by atoms with E-state index >= 15 is 0 Å². The van der Waals surface area contributed by atoms with Crippen molar-refractivity contribution in [1.29, 1.82) is 0 Å². The number of halogens is 1. The molecular weight excluding hydrogens is 407 g/mol. The van der Waals surface area contributed by atoms with Gasteiger partial charge in [0.25, 0.3) is 0 Å². The first-order valence-corrected chi connectivity index (χ1v) is 10.8. The van der Waals surface area contributed by atoms with Crippen LogP contribution in [0.3, 0.4) is 0 Å². The molecule has 1 heterocycles. The first kappa shape index (κ1) is 21.6. The van der Waals surface area contributed by atoms with Crippen LogP contribution in [-0.4, -0.2) is 10.5 Å². The molecule has 0 bridgehead atoms. The largest absolute Gasteiger partial charge is 0.419 e. The third-order valence-corrected chi connectivity index (χ3v) is 5.57. The summed E-state index contributed by atoms with van der Waals surface area (Å²) >= 11 is 0. The van der Waals surface area contributed by atoms with Crippen LogP contribution < -0.4 is 11.1 Å². The summed E-state index contributed by atoms with van der Waals surface area (Å²) in [6.45, 7) is 2.45. The molecular formula is C26H25FN2O3. The van der Waals surface area contributed by atoms with E-state index in [0.29, 0.717) is 29.6 Å². The predicted octanol–water partition coefficient (Wildman–Crippen LogP) is 4.98. The number of hydrogen-bond acceptors (Lipinski definition) is 3. The predicted molar refractivity (Wildman–Crippen MR) is 122 cm³/mol. The highest BCUT2D eigenvalue weighted by Gasteiger charge is 2.18. The van der Waals surface area contributed by atoms with Crippen LogP contribution in [-0.2, 0) is 17.8 Å². The number of nitrogens with one attached hydrogen (secondary N) is 1. The van der Waals surface area contributed by atoms with Crippen LogP contribution in [0.15, 0.2) is 82.0 Å². The number of hydrogen-bond donors (Lipinski definition) is 1. The molecule has 0 saturated heterocycles. The van der Waals surface area contributed by atoms with Crippen molar-refractivity contribution < 1.29 is 13.6 Å². The van der Waals surface area contributed by atoms with E-state index in [1.807, 2.05) is 42.5 Å². The van der Waals surface area contributed by atoms with Crippen LogP contribution in [0.4, 0.5) is 4.39 Å². The minimum atomic E-state index is -0.457. The number of carbonyl (C=O) groups excluding carboxylic acids is 1. The summed E-state index contributed by atoms with van der Waals surface area (Å²) in [7, 11) is 0. The minimum Gasteiger partial charge on any atom is -0.408 e. The number of aryl methyl sites for hydroxylation is 2. The fourth-order valence-corrected chi connectivity index (χ4v) is 3.85. The zero-order valence-electron chi connectivity index (χ0n) is 17.9. The molecule has 3 aromatic carbocycles. The van der Waals surface area contributed by atoms with Gasteiger partial charge in [-0.1, -0.05) is 55.5 Å². The standard InChI is InChI=1S/C26H25FN2O3/c1-2-18-12-14-19(15-13-18)25(20-7-5-8-21(27)17-20)28-24(30)11-6-16-29-22-9-3-4-10-23(22)32-26(29)31/h3-5,7-10,12-15,17,25H,2,6,11,16H2,1H3,(H,28,30). The normalized spacial score (nSPS) is 12.1. The Kier molecular flexibility index (Phi) is 6.50. The number of oxazole rings is 1. The topological polar surface area (TPSA) is 64.2 Å². The third kappa shape index (κ3) is 4.80. The Morgan fingerprint density at radius 2 is 1.81 bits per heavy atom. The summed E-state index contributed by atoms with van der Waals surface area (Å²) < 4.78 is 20.6. The number of carbonyl (C=O) groups is 1. The summed E-state index contributed by atoms with van der Waals surface area (Å²) in [5.74, 6) is -0.946. The van der Waals surface area contributed by atoms with Crippen LogP contribution in [0.1, 0.15) is 42.5 Å². The number of benzene rings is 3. The van der Waals surface area contributed by atoms with Crippen molar-refractivity contribution in [3.8, 4) is 0 Å². The maximum Gasteiger partial charge on any atom is 0.419 e. The number of fused-ring (bicyclic) bond motifs is 1. The lowest BCUT2D eigenvalue weighted by Crippen LogP contribution is -2.29. The second-order valence-electron chi connectivity index (χ2n) is 7.74. The molecule has 0 spiro atoms. The van der Waals surface area contributed by atoms with Gasteiger partial charge in [0.1, 0.15) is 5.82 Å². The van der Waals surface area contributed by atoms with Crippen molar-refractivity contribution in [2.45, 2.75) is 38.8 Å². The van der Waals surface area contributed by atoms with Crippen molar-refractivity contribution in [3.63, 3.8) is 0 Å². The molecule has 1 atom stereocenters. The molecule has 0 saturated carbocycles. The molecule has 1 unspecified atom stereocenters. The summed E-state index contributed by atoms with van der Waals surface area (Å²) in [6, 6.07) is 21.0. The Hall–Kier alpha value is -3.67. The maximum absolute atomic E-state index is 13.9. The molecule has 5 nitrogen and oxygen atoms in total. The van der Waals surface area contributed by atoms with E-state index in [-0.39, 0.29) is 18.1 Å². The molecule has 1 amide bonds. The van der Waals surface area contributed by atoms with Crippen LogP contribution in [0.25, 0.3) is 11.1 Å². The highest BCUT2D eigenvalue weighted by atomic mass is 19.1. The van der Waals surface area contributed by atoms with Gasteiger partial charge < -0.3 is 9.73 Å². The molecule has 0 aliphatic carbocycles. The molecule has 4 rings (SSSR count). The summed E-state index contributed by atoms with van der Waals surface area (Å²) in [5, 5.41) is 3.03. The first-order valence-electron chi connectivity index (χ1n) is 10.8. The van der Waals surface area contributed by atoms with E-state index in [9.17, 15) is 14.0 Å². The zero-order chi connectivity index (χ0) is 22.5. The van der Waals surface area contributed by atoms with Gasteiger partial charge >= 0.3 is 5.76 Å². The Morgan fingerprint density at radius 3 is 2.56 bits per heavy atom. The molecule has 1 aromatic heterocycles. The first-order chi connectivity index (χ1) is 15.5. The van der Waals surface area contributed by atoms with Gasteiger partial charge in [-0.25, -0.2) is 9.18 Å². The van der Waals surface area contributed by atoms with Gasteiger partial charge in [0.2, 0.25) is 5.91 Å². The molecule has 32 heavy (non-hydrogen) atoms. The smallest absolute Gasteiger partial charge is 0.408 e. The summed E-state index contributed by atoms with van der Waals surface area (Å²) in [6.07, 6.45) is 1.62. The molecule has 4 aromatic rings. The van der Waals surface area contributed by atoms with Gasteiger partial charge in [0.15, 0.2) is 5.58 Å². The monoisotopic (exact) mass is 432 g/mol. The van der Waals surface area contributed by atoms with E-state index in [4.69, 9.17) is 4.42 Å². The van der Waals surface area contributed by atoms with Crippen molar-refractivity contribution in [2.75, 3.05) is 0 Å². The SMILES string of the molecule is CCc1ccc(C(NC(=O)CCCn2c(=O)oc3ccccc32)c2cccc(F)c2)cc1. The van der Waals surface area contributed by atoms with Gasteiger partial charge in [0.05, 0.1) is 11.6 Å². The average molecular weight is 432 g/mol. The molecule has 6 heteroatoms. The Balaban J connectivity index is 1.47. The maximum atomic E-state index is 13.9. The van der Waals surface area contributed by atoms with Crippen LogP contribution in [0, 0.1) is 5.82 Å². The third-order valence-electron chi connectivity index (χ3n) is 5.57. The average Bonchev–Trinajstić information content (AvgIpc) is 3.12. The second kappa shape index (κ2) is 9.64. The Labute approximate surface area is 185 Å². The van der Waals surface area contributed by atoms with Gasteiger partial charge in [0, 0.05) is 13.0 Å². The fourth-order valence-electron chi connectivity index (χ4n) is 3.85. The van der Waals surface area contributed by atoms with Gasteiger partial charge in [-0.2, -0.15) is 0 Å². The Morgan fingerprint density at radius 1 is 1.03 bits per heavy atom. The number of para-hydroxylation sites is 2. The zero-order valence-corrected chi connectivity index (χ0v) is 17.9. The van der Waals surface area contributed by atoms with Crippen LogP contribution >= 0.6 is 0 Å². The van der Waals surface area contributed by atoms with E-state index < -0.39 is 11.8 Å². The van der Waals surface area contributed by atoms with Crippen molar-refractivity contribution >= 4 is 17.0 Å². The van der Waals surface area contributed by atoms with E-state index in [1.54, 1.807) is 18.2 Å². The summed E-state index contributed by atoms with van der Waals surface area (Å²) in [5.41, 5.74) is 4.00.